The maximum absolute atomic E-state index is 5.52. The van der Waals surface area contributed by atoms with Crippen molar-refractivity contribution >= 4 is 29.9 Å². The fraction of sp³-hybridized carbons (Fsp3) is 0.632. The second-order valence-electron chi connectivity index (χ2n) is 6.76. The summed E-state index contributed by atoms with van der Waals surface area (Å²) in [5.74, 6) is 1.71. The highest BCUT2D eigenvalue weighted by Crippen LogP contribution is 2.29. The molecule has 2 fully saturated rings. The van der Waals surface area contributed by atoms with Gasteiger partial charge in [-0.05, 0) is 24.8 Å². The predicted octanol–water partition coefficient (Wildman–Crippen LogP) is 2.64. The van der Waals surface area contributed by atoms with Crippen molar-refractivity contribution < 1.29 is 4.74 Å². The Morgan fingerprint density at radius 3 is 2.56 bits per heavy atom. The lowest BCUT2D eigenvalue weighted by Crippen LogP contribution is -2.42. The van der Waals surface area contributed by atoms with Crippen LogP contribution in [0.1, 0.15) is 31.9 Å². The van der Waals surface area contributed by atoms with Crippen LogP contribution in [-0.4, -0.2) is 56.3 Å². The zero-order valence-electron chi connectivity index (χ0n) is 15.3. The number of halogens is 1. The van der Waals surface area contributed by atoms with E-state index in [4.69, 9.17) is 9.73 Å². The van der Waals surface area contributed by atoms with E-state index >= 15 is 0 Å². The minimum atomic E-state index is 0. The molecule has 2 N–H and O–H groups in total. The van der Waals surface area contributed by atoms with Gasteiger partial charge in [0.25, 0.3) is 0 Å². The van der Waals surface area contributed by atoms with E-state index in [1.807, 2.05) is 0 Å². The molecule has 1 aromatic rings. The second kappa shape index (κ2) is 10.3. The topological polar surface area (TPSA) is 48.9 Å². The molecule has 0 bridgehead atoms. The molecule has 0 radical (unpaired) electrons. The van der Waals surface area contributed by atoms with Gasteiger partial charge in [0.15, 0.2) is 5.96 Å². The van der Waals surface area contributed by atoms with E-state index in [1.165, 1.54) is 12.0 Å². The summed E-state index contributed by atoms with van der Waals surface area (Å²) in [7, 11) is 0. The summed E-state index contributed by atoms with van der Waals surface area (Å²) in [5, 5.41) is 6.93. The number of hydrogen-bond acceptors (Lipinski definition) is 3. The zero-order valence-corrected chi connectivity index (χ0v) is 17.6. The van der Waals surface area contributed by atoms with E-state index in [0.29, 0.717) is 12.1 Å². The third-order valence-electron chi connectivity index (χ3n) is 4.87. The summed E-state index contributed by atoms with van der Waals surface area (Å²) in [4.78, 5) is 7.38. The number of guanidine groups is 1. The van der Waals surface area contributed by atoms with Gasteiger partial charge in [-0.3, -0.25) is 9.89 Å². The molecule has 0 aromatic heterocycles. The van der Waals surface area contributed by atoms with Crippen LogP contribution in [0.25, 0.3) is 0 Å². The highest BCUT2D eigenvalue weighted by atomic mass is 127. The maximum Gasteiger partial charge on any atom is 0.191 e. The lowest BCUT2D eigenvalue weighted by molar-refractivity contribution is 0.0179. The van der Waals surface area contributed by atoms with E-state index in [-0.39, 0.29) is 24.0 Å². The fourth-order valence-corrected chi connectivity index (χ4v) is 3.19. The Balaban J connectivity index is 0.00000225. The molecule has 0 amide bonds. The number of hydrogen-bond donors (Lipinski definition) is 2. The van der Waals surface area contributed by atoms with E-state index in [1.54, 1.807) is 0 Å². The lowest BCUT2D eigenvalue weighted by atomic mass is 10.1. The third-order valence-corrected chi connectivity index (χ3v) is 4.87. The van der Waals surface area contributed by atoms with Gasteiger partial charge in [0.1, 0.15) is 0 Å². The van der Waals surface area contributed by atoms with Crippen molar-refractivity contribution in [3.05, 3.63) is 35.9 Å². The van der Waals surface area contributed by atoms with Crippen LogP contribution in [0.4, 0.5) is 0 Å². The molecule has 5 nitrogen and oxygen atoms in total. The minimum Gasteiger partial charge on any atom is -0.379 e. The molecule has 25 heavy (non-hydrogen) atoms. The van der Waals surface area contributed by atoms with Crippen LogP contribution in [-0.2, 0) is 4.74 Å². The molecule has 1 heterocycles. The number of nitrogens with one attached hydrogen (secondary N) is 2. The molecule has 3 unspecified atom stereocenters. The molecule has 0 spiro atoms. The van der Waals surface area contributed by atoms with E-state index in [0.717, 1.165) is 51.3 Å². The summed E-state index contributed by atoms with van der Waals surface area (Å²) >= 11 is 0. The molecule has 3 atom stereocenters. The van der Waals surface area contributed by atoms with Gasteiger partial charge in [-0.2, -0.15) is 0 Å². The Kier molecular flexibility index (Phi) is 8.45. The third kappa shape index (κ3) is 6.11. The van der Waals surface area contributed by atoms with Crippen LogP contribution in [0.3, 0.4) is 0 Å². The van der Waals surface area contributed by atoms with Crippen molar-refractivity contribution in [2.75, 3.05) is 39.4 Å². The summed E-state index contributed by atoms with van der Waals surface area (Å²) < 4.78 is 5.52. The first-order valence-electron chi connectivity index (χ1n) is 9.19. The van der Waals surface area contributed by atoms with Crippen molar-refractivity contribution in [2.24, 2.45) is 10.9 Å². The molecule has 1 aromatic carbocycles. The number of rotatable bonds is 6. The Hall–Kier alpha value is -0.860. The van der Waals surface area contributed by atoms with Gasteiger partial charge < -0.3 is 15.4 Å². The maximum atomic E-state index is 5.52. The van der Waals surface area contributed by atoms with Gasteiger partial charge >= 0.3 is 0 Å². The van der Waals surface area contributed by atoms with Crippen LogP contribution in [0.5, 0.6) is 0 Å². The zero-order chi connectivity index (χ0) is 16.8. The molecule has 6 heteroatoms. The molecule has 1 saturated heterocycles. The first-order chi connectivity index (χ1) is 11.8. The Labute approximate surface area is 168 Å². The predicted molar refractivity (Wildman–Crippen MR) is 114 cm³/mol. The average Bonchev–Trinajstić information content (AvgIpc) is 3.32. The highest BCUT2D eigenvalue weighted by molar-refractivity contribution is 14.0. The SMILES string of the molecule is CCNC(=NCC(c1ccccc1)N1CCOCC1)NC1CC1C.I. The summed E-state index contributed by atoms with van der Waals surface area (Å²) in [6.07, 6.45) is 1.25. The van der Waals surface area contributed by atoms with Gasteiger partial charge in [-0.25, -0.2) is 0 Å². The molecule has 1 aliphatic heterocycles. The van der Waals surface area contributed by atoms with Gasteiger partial charge in [0, 0.05) is 25.7 Å². The average molecular weight is 458 g/mol. The van der Waals surface area contributed by atoms with E-state index in [2.05, 4.69) is 59.7 Å². The quantitative estimate of drug-likeness (QED) is 0.391. The van der Waals surface area contributed by atoms with Crippen LogP contribution in [0.2, 0.25) is 0 Å². The Bertz CT molecular complexity index is 533. The molecule has 1 saturated carbocycles. The number of nitrogens with zero attached hydrogens (tertiary/aromatic N) is 2. The van der Waals surface area contributed by atoms with Crippen LogP contribution in [0, 0.1) is 5.92 Å². The summed E-state index contributed by atoms with van der Waals surface area (Å²) in [6, 6.07) is 11.6. The Morgan fingerprint density at radius 2 is 1.96 bits per heavy atom. The van der Waals surface area contributed by atoms with Crippen molar-refractivity contribution in [1.82, 2.24) is 15.5 Å². The van der Waals surface area contributed by atoms with Gasteiger partial charge in [-0.15, -0.1) is 24.0 Å². The van der Waals surface area contributed by atoms with Crippen molar-refractivity contribution in [2.45, 2.75) is 32.4 Å². The van der Waals surface area contributed by atoms with Gasteiger partial charge in [-0.1, -0.05) is 37.3 Å². The second-order valence-corrected chi connectivity index (χ2v) is 6.76. The summed E-state index contributed by atoms with van der Waals surface area (Å²) in [6.45, 7) is 9.61. The lowest BCUT2D eigenvalue weighted by Gasteiger charge is -2.34. The molecule has 2 aliphatic rings. The molecule has 140 valence electrons. The van der Waals surface area contributed by atoms with E-state index < -0.39 is 0 Å². The number of ether oxygens (including phenoxy) is 1. The highest BCUT2D eigenvalue weighted by Gasteiger charge is 2.33. The molecular formula is C19H31IN4O. The number of morpholine rings is 1. The smallest absolute Gasteiger partial charge is 0.191 e. The first kappa shape index (κ1) is 20.5. The van der Waals surface area contributed by atoms with Crippen molar-refractivity contribution in [1.29, 1.82) is 0 Å². The van der Waals surface area contributed by atoms with Crippen molar-refractivity contribution in [3.8, 4) is 0 Å². The number of aliphatic imine (C=N–C) groups is 1. The monoisotopic (exact) mass is 458 g/mol. The largest absolute Gasteiger partial charge is 0.379 e. The fourth-order valence-electron chi connectivity index (χ4n) is 3.19. The van der Waals surface area contributed by atoms with Crippen LogP contribution < -0.4 is 10.6 Å². The standard InChI is InChI=1S/C19H30N4O.HI/c1-3-20-19(22-17-13-15(17)2)21-14-18(16-7-5-4-6-8-16)23-9-11-24-12-10-23;/h4-8,15,17-18H,3,9-14H2,1-2H3,(H2,20,21,22);1H. The van der Waals surface area contributed by atoms with E-state index in [9.17, 15) is 0 Å². The normalized spacial score (nSPS) is 25.0. The number of benzene rings is 1. The van der Waals surface area contributed by atoms with Gasteiger partial charge in [0.2, 0.25) is 0 Å². The Morgan fingerprint density at radius 1 is 1.28 bits per heavy atom. The van der Waals surface area contributed by atoms with Crippen LogP contribution in [0.15, 0.2) is 35.3 Å². The first-order valence-corrected chi connectivity index (χ1v) is 9.19. The van der Waals surface area contributed by atoms with Crippen LogP contribution >= 0.6 is 24.0 Å². The van der Waals surface area contributed by atoms with Crippen molar-refractivity contribution in [3.63, 3.8) is 0 Å². The molecule has 1 aliphatic carbocycles. The van der Waals surface area contributed by atoms with Gasteiger partial charge in [0.05, 0.1) is 25.8 Å². The summed E-state index contributed by atoms with van der Waals surface area (Å²) in [5.41, 5.74) is 1.33. The molecule has 3 rings (SSSR count). The minimum absolute atomic E-state index is 0. The molecular weight excluding hydrogens is 427 g/mol.